The second-order valence-electron chi connectivity index (χ2n) is 6.69. The number of nitrogens with zero attached hydrogens (tertiary/aromatic N) is 2. The molecule has 0 atom stereocenters. The fraction of sp³-hybridized carbons (Fsp3) is 0.143. The molecule has 3 aromatic carbocycles. The summed E-state index contributed by atoms with van der Waals surface area (Å²) in [4.78, 5) is 10.9. The van der Waals surface area contributed by atoms with Gasteiger partial charge in [-0.05, 0) is 53.8 Å². The van der Waals surface area contributed by atoms with Crippen molar-refractivity contribution >= 4 is 75.9 Å². The Bertz CT molecular complexity index is 1350. The van der Waals surface area contributed by atoms with Gasteiger partial charge in [0.25, 0.3) is 0 Å². The summed E-state index contributed by atoms with van der Waals surface area (Å²) in [6, 6.07) is 15.3. The molecular weight excluding hydrogens is 390 g/mol. The summed E-state index contributed by atoms with van der Waals surface area (Å²) in [6.07, 6.45) is 4.38. The van der Waals surface area contributed by atoms with Crippen molar-refractivity contribution in [3.05, 3.63) is 53.6 Å². The smallest absolute Gasteiger partial charge is 0.190 e. The van der Waals surface area contributed by atoms with E-state index in [2.05, 4.69) is 54.0 Å². The molecule has 0 unspecified atom stereocenters. The predicted molar refractivity (Wildman–Crippen MR) is 119 cm³/mol. The molecule has 0 radical (unpaired) electrons. The average molecular weight is 406 g/mol. The highest BCUT2D eigenvalue weighted by Gasteiger charge is 2.19. The molecule has 1 aliphatic rings. The number of hydrogen-bond acceptors (Lipinski definition) is 6. The first-order chi connectivity index (χ1) is 13.3. The van der Waals surface area contributed by atoms with Gasteiger partial charge >= 0.3 is 0 Å². The number of hydrogen-bond donors (Lipinski definition) is 1. The zero-order valence-electron chi connectivity index (χ0n) is 14.6. The number of aryl methyl sites for hydroxylation is 2. The Hall–Kier alpha value is -2.15. The largest absolute Gasteiger partial charge is 0.307 e. The fourth-order valence-corrected chi connectivity index (χ4v) is 6.52. The second-order valence-corrected chi connectivity index (χ2v) is 9.60. The Labute approximate surface area is 168 Å². The molecule has 6 heteroatoms. The molecule has 1 aliphatic carbocycles. The molecule has 0 saturated heterocycles. The lowest BCUT2D eigenvalue weighted by atomic mass is 10.0. The third kappa shape index (κ3) is 2.40. The number of thioether (sulfide) groups is 1. The first kappa shape index (κ1) is 15.9. The molecule has 1 N–H and O–H groups in total. The van der Waals surface area contributed by atoms with E-state index in [0.717, 1.165) is 34.1 Å². The zero-order valence-corrected chi connectivity index (χ0v) is 17.0. The van der Waals surface area contributed by atoms with Crippen molar-refractivity contribution in [3.63, 3.8) is 0 Å². The molecule has 0 bridgehead atoms. The van der Waals surface area contributed by atoms with Crippen LogP contribution in [0.25, 0.3) is 31.2 Å². The molecular formula is C21H15N3S3. The summed E-state index contributed by atoms with van der Waals surface area (Å²) in [5.74, 6) is 0. The Morgan fingerprint density at radius 1 is 0.889 bits per heavy atom. The van der Waals surface area contributed by atoms with Gasteiger partial charge in [-0.25, -0.2) is 9.97 Å². The first-order valence-corrected chi connectivity index (χ1v) is 11.7. The third-order valence-electron chi connectivity index (χ3n) is 5.17. The summed E-state index contributed by atoms with van der Waals surface area (Å²) in [5.41, 5.74) is 5.11. The van der Waals surface area contributed by atoms with Crippen molar-refractivity contribution in [1.29, 1.82) is 0 Å². The van der Waals surface area contributed by atoms with Gasteiger partial charge in [-0.2, -0.15) is 0 Å². The van der Waals surface area contributed by atoms with Crippen LogP contribution in [0, 0.1) is 0 Å². The molecule has 2 heterocycles. The summed E-state index contributed by atoms with van der Waals surface area (Å²) < 4.78 is 2.46. The molecule has 5 aromatic rings. The van der Waals surface area contributed by atoms with Gasteiger partial charge in [0, 0.05) is 10.3 Å². The van der Waals surface area contributed by atoms with E-state index in [0.29, 0.717) is 0 Å². The molecule has 0 amide bonds. The van der Waals surface area contributed by atoms with Crippen molar-refractivity contribution in [2.45, 2.75) is 17.7 Å². The van der Waals surface area contributed by atoms with Crippen molar-refractivity contribution < 1.29 is 0 Å². The molecule has 0 spiro atoms. The van der Waals surface area contributed by atoms with Gasteiger partial charge in [-0.3, -0.25) is 0 Å². The van der Waals surface area contributed by atoms with Crippen molar-refractivity contribution in [3.8, 4) is 0 Å². The van der Waals surface area contributed by atoms with Crippen LogP contribution in [0.3, 0.4) is 0 Å². The van der Waals surface area contributed by atoms with Gasteiger partial charge < -0.3 is 5.32 Å². The number of para-hydroxylation sites is 1. The molecule has 0 aliphatic heterocycles. The highest BCUT2D eigenvalue weighted by molar-refractivity contribution is 7.98. The van der Waals surface area contributed by atoms with Gasteiger partial charge in [0.2, 0.25) is 0 Å². The minimum absolute atomic E-state index is 0.905. The van der Waals surface area contributed by atoms with E-state index in [1.807, 2.05) is 0 Å². The van der Waals surface area contributed by atoms with E-state index in [9.17, 15) is 0 Å². The standard InChI is InChI=1S/C21H15N3S3/c1-25-14-6-3-7-15-19(14)23-21(26-15)24-20-22-18-13-5-2-4-11-8-9-12(17(11)13)10-16(18)27-20/h2-7,10H,8-9H2,1H3,(H,22,23,24). The average Bonchev–Trinajstić information content (AvgIpc) is 3.39. The predicted octanol–water partition coefficient (Wildman–Crippen LogP) is 6.62. The van der Waals surface area contributed by atoms with E-state index in [1.54, 1.807) is 34.4 Å². The minimum atomic E-state index is 0.905. The highest BCUT2D eigenvalue weighted by Crippen LogP contribution is 2.40. The van der Waals surface area contributed by atoms with Gasteiger partial charge in [0.15, 0.2) is 10.3 Å². The van der Waals surface area contributed by atoms with Crippen molar-refractivity contribution in [2.75, 3.05) is 11.6 Å². The number of fused-ring (bicyclic) bond motifs is 3. The molecule has 132 valence electrons. The van der Waals surface area contributed by atoms with E-state index in [1.165, 1.54) is 36.2 Å². The zero-order chi connectivity index (χ0) is 18.0. The Kier molecular flexibility index (Phi) is 3.48. The van der Waals surface area contributed by atoms with Gasteiger partial charge in [0.1, 0.15) is 0 Å². The molecule has 3 nitrogen and oxygen atoms in total. The number of rotatable bonds is 3. The monoisotopic (exact) mass is 405 g/mol. The summed E-state index contributed by atoms with van der Waals surface area (Å²) in [6.45, 7) is 0. The van der Waals surface area contributed by atoms with Crippen LogP contribution in [0.4, 0.5) is 10.3 Å². The molecule has 0 fully saturated rings. The number of aromatic nitrogens is 2. The fourth-order valence-electron chi connectivity index (χ4n) is 3.99. The summed E-state index contributed by atoms with van der Waals surface area (Å²) >= 11 is 5.14. The SMILES string of the molecule is CSc1cccc2sc(Nc3nc4c(cc5c6c(cccc64)CC5)s3)nc12. The van der Waals surface area contributed by atoms with Crippen LogP contribution in [0.15, 0.2) is 47.4 Å². The molecule has 6 rings (SSSR count). The lowest BCUT2D eigenvalue weighted by Gasteiger charge is -2.02. The van der Waals surface area contributed by atoms with E-state index >= 15 is 0 Å². The van der Waals surface area contributed by atoms with Gasteiger partial charge in [-0.15, -0.1) is 11.8 Å². The van der Waals surface area contributed by atoms with Crippen LogP contribution in [0.5, 0.6) is 0 Å². The Morgan fingerprint density at radius 2 is 1.67 bits per heavy atom. The van der Waals surface area contributed by atoms with E-state index in [4.69, 9.17) is 9.97 Å². The maximum atomic E-state index is 4.93. The lowest BCUT2D eigenvalue weighted by molar-refractivity contribution is 1.03. The van der Waals surface area contributed by atoms with Crippen molar-refractivity contribution in [1.82, 2.24) is 9.97 Å². The van der Waals surface area contributed by atoms with Crippen LogP contribution in [0.2, 0.25) is 0 Å². The van der Waals surface area contributed by atoms with Crippen LogP contribution in [-0.2, 0) is 12.8 Å². The number of thiazole rings is 2. The number of nitrogens with one attached hydrogen (secondary N) is 1. The number of benzene rings is 3. The van der Waals surface area contributed by atoms with Crippen LogP contribution in [0.1, 0.15) is 11.1 Å². The molecule has 27 heavy (non-hydrogen) atoms. The third-order valence-corrected chi connectivity index (χ3v) is 7.79. The molecule has 2 aromatic heterocycles. The second kappa shape index (κ2) is 5.92. The van der Waals surface area contributed by atoms with Gasteiger partial charge in [0.05, 0.1) is 20.4 Å². The Balaban J connectivity index is 1.47. The summed E-state index contributed by atoms with van der Waals surface area (Å²) in [5, 5.41) is 7.99. The van der Waals surface area contributed by atoms with Crippen LogP contribution < -0.4 is 5.32 Å². The van der Waals surface area contributed by atoms with E-state index < -0.39 is 0 Å². The highest BCUT2D eigenvalue weighted by atomic mass is 32.2. The Morgan fingerprint density at radius 3 is 2.56 bits per heavy atom. The summed E-state index contributed by atoms with van der Waals surface area (Å²) in [7, 11) is 0. The maximum Gasteiger partial charge on any atom is 0.190 e. The van der Waals surface area contributed by atoms with E-state index in [-0.39, 0.29) is 0 Å². The van der Waals surface area contributed by atoms with Crippen molar-refractivity contribution in [2.24, 2.45) is 0 Å². The van der Waals surface area contributed by atoms with Gasteiger partial charge in [-0.1, -0.05) is 46.9 Å². The van der Waals surface area contributed by atoms with Crippen LogP contribution >= 0.6 is 34.4 Å². The first-order valence-electron chi connectivity index (χ1n) is 8.85. The van der Waals surface area contributed by atoms with Crippen LogP contribution in [-0.4, -0.2) is 16.2 Å². The maximum absolute atomic E-state index is 4.93. The topological polar surface area (TPSA) is 37.8 Å². The normalized spacial score (nSPS) is 13.2. The number of anilines is 2. The quantitative estimate of drug-likeness (QED) is 0.342. The minimum Gasteiger partial charge on any atom is -0.307 e. The lowest BCUT2D eigenvalue weighted by Crippen LogP contribution is -1.87. The molecule has 0 saturated carbocycles.